The minimum Gasteiger partial charge on any atom is -0.461 e. The Labute approximate surface area is 182 Å². The number of ether oxygens (including phenoxy) is 2. The van der Waals surface area contributed by atoms with Gasteiger partial charge in [0.25, 0.3) is 0 Å². The van der Waals surface area contributed by atoms with Gasteiger partial charge in [-0.15, -0.1) is 0 Å². The fourth-order valence-electron chi connectivity index (χ4n) is 3.46. The molecule has 1 aromatic carbocycles. The van der Waals surface area contributed by atoms with Crippen molar-refractivity contribution in [3.8, 4) is 11.1 Å². The number of nitrogens with one attached hydrogen (secondary N) is 1. The lowest BCUT2D eigenvalue weighted by molar-refractivity contribution is -0.119. The summed E-state index contributed by atoms with van der Waals surface area (Å²) in [5.41, 5.74) is 1.95. The standard InChI is InChI=1S/C22H21FN4O5/c1-3-31-21(29)19-12-26-10-14(4-7-20(26)25-19)17-6-5-15(8-18(17)23)27-11-16(32-22(27)30)9-24-13(2)28/h4-8,10,12,16H,3,9,11H2,1-2H3,(H,24,28)/t16-/m0/s1. The number of halogens is 1. The molecule has 2 aromatic heterocycles. The number of hydrogen-bond donors (Lipinski definition) is 1. The highest BCUT2D eigenvalue weighted by molar-refractivity contribution is 5.90. The SMILES string of the molecule is CCOC(=O)c1cn2cc(-c3ccc(N4C[C@H](CNC(C)=O)OC4=O)cc3F)ccc2n1. The number of imidazole rings is 1. The van der Waals surface area contributed by atoms with Crippen LogP contribution >= 0.6 is 0 Å². The Balaban J connectivity index is 1.55. The third-order valence-electron chi connectivity index (χ3n) is 4.96. The van der Waals surface area contributed by atoms with Crippen LogP contribution in [0.3, 0.4) is 0 Å². The zero-order valence-corrected chi connectivity index (χ0v) is 17.5. The number of cyclic esters (lactones) is 1. The highest BCUT2D eigenvalue weighted by Crippen LogP contribution is 2.29. The van der Waals surface area contributed by atoms with Crippen LogP contribution in [0, 0.1) is 5.82 Å². The summed E-state index contributed by atoms with van der Waals surface area (Å²) in [6.45, 7) is 3.73. The van der Waals surface area contributed by atoms with Crippen molar-refractivity contribution in [2.75, 3.05) is 24.6 Å². The lowest BCUT2D eigenvalue weighted by Gasteiger charge is -2.14. The summed E-state index contributed by atoms with van der Waals surface area (Å²) in [7, 11) is 0. The highest BCUT2D eigenvalue weighted by atomic mass is 19.1. The third-order valence-corrected chi connectivity index (χ3v) is 4.96. The van der Waals surface area contributed by atoms with E-state index in [2.05, 4.69) is 10.3 Å². The summed E-state index contributed by atoms with van der Waals surface area (Å²) < 4.78 is 26.8. The molecule has 0 radical (unpaired) electrons. The molecule has 0 saturated carbocycles. The first kappa shape index (κ1) is 21.3. The molecule has 0 bridgehead atoms. The number of aromatic nitrogens is 2. The molecule has 0 unspecified atom stereocenters. The Morgan fingerprint density at radius 3 is 2.81 bits per heavy atom. The fourth-order valence-corrected chi connectivity index (χ4v) is 3.46. The van der Waals surface area contributed by atoms with E-state index >= 15 is 0 Å². The van der Waals surface area contributed by atoms with Crippen molar-refractivity contribution < 1.29 is 28.2 Å². The lowest BCUT2D eigenvalue weighted by Crippen LogP contribution is -2.33. The molecule has 9 nitrogen and oxygen atoms in total. The summed E-state index contributed by atoms with van der Waals surface area (Å²) >= 11 is 0. The van der Waals surface area contributed by atoms with Crippen LogP contribution < -0.4 is 10.2 Å². The number of carbonyl (C=O) groups is 3. The van der Waals surface area contributed by atoms with Crippen molar-refractivity contribution >= 4 is 29.3 Å². The van der Waals surface area contributed by atoms with Crippen molar-refractivity contribution in [3.63, 3.8) is 0 Å². The minimum absolute atomic E-state index is 0.168. The molecule has 3 aromatic rings. The second-order valence-electron chi connectivity index (χ2n) is 7.25. The largest absolute Gasteiger partial charge is 0.461 e. The smallest absolute Gasteiger partial charge is 0.414 e. The second-order valence-corrected chi connectivity index (χ2v) is 7.25. The van der Waals surface area contributed by atoms with Gasteiger partial charge in [0.15, 0.2) is 5.69 Å². The van der Waals surface area contributed by atoms with Gasteiger partial charge < -0.3 is 19.2 Å². The van der Waals surface area contributed by atoms with Crippen LogP contribution in [0.25, 0.3) is 16.8 Å². The number of nitrogens with zero attached hydrogens (tertiary/aromatic N) is 3. The minimum atomic E-state index is -0.598. The summed E-state index contributed by atoms with van der Waals surface area (Å²) in [5, 5.41) is 2.60. The number of pyridine rings is 1. The zero-order valence-electron chi connectivity index (χ0n) is 17.5. The van der Waals surface area contributed by atoms with Crippen molar-refractivity contribution in [3.05, 3.63) is 54.2 Å². The molecule has 1 saturated heterocycles. The summed E-state index contributed by atoms with van der Waals surface area (Å²) in [5.74, 6) is -1.27. The van der Waals surface area contributed by atoms with Crippen LogP contribution in [-0.2, 0) is 14.3 Å². The maximum atomic E-state index is 15.0. The van der Waals surface area contributed by atoms with Gasteiger partial charge in [0.05, 0.1) is 25.4 Å². The van der Waals surface area contributed by atoms with E-state index in [1.807, 2.05) is 0 Å². The number of rotatable bonds is 6. The maximum absolute atomic E-state index is 15.0. The van der Waals surface area contributed by atoms with Gasteiger partial charge in [-0.05, 0) is 37.3 Å². The molecule has 0 spiro atoms. The number of fused-ring (bicyclic) bond motifs is 1. The summed E-state index contributed by atoms with van der Waals surface area (Å²) in [4.78, 5) is 40.6. The quantitative estimate of drug-likeness (QED) is 0.592. The average molecular weight is 440 g/mol. The van der Waals surface area contributed by atoms with Gasteiger partial charge >= 0.3 is 12.1 Å². The molecule has 0 aliphatic carbocycles. The number of carbonyl (C=O) groups excluding carboxylic acids is 3. The van der Waals surface area contributed by atoms with E-state index in [0.29, 0.717) is 22.5 Å². The van der Waals surface area contributed by atoms with Crippen LogP contribution in [0.15, 0.2) is 42.7 Å². The molecule has 2 amide bonds. The summed E-state index contributed by atoms with van der Waals surface area (Å²) in [6.07, 6.45) is 2.08. The molecule has 1 aliphatic heterocycles. The van der Waals surface area contributed by atoms with Crippen LogP contribution in [0.2, 0.25) is 0 Å². The van der Waals surface area contributed by atoms with Crippen molar-refractivity contribution in [1.82, 2.24) is 14.7 Å². The predicted molar refractivity (Wildman–Crippen MR) is 113 cm³/mol. The van der Waals surface area contributed by atoms with Gasteiger partial charge in [0.1, 0.15) is 17.6 Å². The third kappa shape index (κ3) is 4.25. The van der Waals surface area contributed by atoms with E-state index < -0.39 is 24.0 Å². The molecular formula is C22H21FN4O5. The van der Waals surface area contributed by atoms with Gasteiger partial charge in [-0.2, -0.15) is 0 Å². The monoisotopic (exact) mass is 440 g/mol. The van der Waals surface area contributed by atoms with E-state index in [1.54, 1.807) is 41.8 Å². The van der Waals surface area contributed by atoms with Gasteiger partial charge in [-0.1, -0.05) is 0 Å². The topological polar surface area (TPSA) is 102 Å². The van der Waals surface area contributed by atoms with Gasteiger partial charge in [-0.3, -0.25) is 9.69 Å². The molecule has 4 rings (SSSR count). The number of amides is 2. The van der Waals surface area contributed by atoms with Crippen molar-refractivity contribution in [2.24, 2.45) is 0 Å². The second kappa shape index (κ2) is 8.66. The van der Waals surface area contributed by atoms with Crippen molar-refractivity contribution in [2.45, 2.75) is 20.0 Å². The first-order valence-corrected chi connectivity index (χ1v) is 10.0. The molecule has 3 heterocycles. The van der Waals surface area contributed by atoms with Crippen LogP contribution in [-0.4, -0.2) is 53.2 Å². The molecule has 1 fully saturated rings. The van der Waals surface area contributed by atoms with Crippen molar-refractivity contribution in [1.29, 1.82) is 0 Å². The Kier molecular flexibility index (Phi) is 5.76. The van der Waals surface area contributed by atoms with Crippen LogP contribution in [0.4, 0.5) is 14.9 Å². The van der Waals surface area contributed by atoms with E-state index in [0.717, 1.165) is 0 Å². The first-order chi connectivity index (χ1) is 15.4. The lowest BCUT2D eigenvalue weighted by atomic mass is 10.1. The Morgan fingerprint density at radius 1 is 1.28 bits per heavy atom. The highest BCUT2D eigenvalue weighted by Gasteiger charge is 2.32. The molecular weight excluding hydrogens is 419 g/mol. The van der Waals surface area contributed by atoms with E-state index in [4.69, 9.17) is 9.47 Å². The number of anilines is 1. The van der Waals surface area contributed by atoms with Gasteiger partial charge in [0.2, 0.25) is 5.91 Å². The normalized spacial score (nSPS) is 15.7. The van der Waals surface area contributed by atoms with E-state index in [-0.39, 0.29) is 31.3 Å². The zero-order chi connectivity index (χ0) is 22.8. The molecule has 10 heteroatoms. The number of benzene rings is 1. The Morgan fingerprint density at radius 2 is 2.09 bits per heavy atom. The number of hydrogen-bond acceptors (Lipinski definition) is 6. The van der Waals surface area contributed by atoms with Crippen LogP contribution in [0.1, 0.15) is 24.3 Å². The fraction of sp³-hybridized carbons (Fsp3) is 0.273. The first-order valence-electron chi connectivity index (χ1n) is 10.0. The van der Waals surface area contributed by atoms with E-state index in [9.17, 15) is 18.8 Å². The van der Waals surface area contributed by atoms with Gasteiger partial charge in [-0.25, -0.2) is 19.0 Å². The van der Waals surface area contributed by atoms with Gasteiger partial charge in [0, 0.05) is 30.4 Å². The Hall–Kier alpha value is -3.95. The molecule has 166 valence electrons. The Bertz CT molecular complexity index is 1210. The molecule has 1 aliphatic rings. The average Bonchev–Trinajstić information content (AvgIpc) is 3.35. The molecule has 1 N–H and O–H groups in total. The molecule has 32 heavy (non-hydrogen) atoms. The van der Waals surface area contributed by atoms with Crippen LogP contribution in [0.5, 0.6) is 0 Å². The van der Waals surface area contributed by atoms with E-state index in [1.165, 1.54) is 24.1 Å². The summed E-state index contributed by atoms with van der Waals surface area (Å²) in [6, 6.07) is 7.84. The molecule has 1 atom stereocenters. The number of esters is 1. The predicted octanol–water partition coefficient (Wildman–Crippen LogP) is 2.78. The maximum Gasteiger partial charge on any atom is 0.414 e.